The van der Waals surface area contributed by atoms with Crippen LogP contribution in [0.4, 0.5) is 0 Å². The van der Waals surface area contributed by atoms with Gasteiger partial charge < -0.3 is 4.90 Å². The minimum absolute atomic E-state index is 0.218. The molecule has 23 heavy (non-hydrogen) atoms. The van der Waals surface area contributed by atoms with Crippen molar-refractivity contribution in [3.8, 4) is 0 Å². The summed E-state index contributed by atoms with van der Waals surface area (Å²) in [4.78, 5) is 23.7. The van der Waals surface area contributed by atoms with Crippen molar-refractivity contribution in [2.45, 2.75) is 57.1 Å². The van der Waals surface area contributed by atoms with Crippen LogP contribution in [0.25, 0.3) is 10.9 Å². The van der Waals surface area contributed by atoms with Crippen LogP contribution < -0.4 is 0 Å². The van der Waals surface area contributed by atoms with Gasteiger partial charge in [0, 0.05) is 17.5 Å². The Kier molecular flexibility index (Phi) is 4.85. The third-order valence-corrected chi connectivity index (χ3v) is 5.47. The first-order valence-corrected chi connectivity index (χ1v) is 9.22. The number of nitrogens with zero attached hydrogens (tertiary/aromatic N) is 3. The number of para-hydroxylation sites is 1. The van der Waals surface area contributed by atoms with E-state index in [-0.39, 0.29) is 5.91 Å². The van der Waals surface area contributed by atoms with Gasteiger partial charge in [-0.1, -0.05) is 30.0 Å². The first-order valence-electron chi connectivity index (χ1n) is 8.23. The van der Waals surface area contributed by atoms with Crippen molar-refractivity contribution >= 4 is 28.6 Å². The Balaban J connectivity index is 1.77. The molecular weight excluding hydrogens is 306 g/mol. The SMILES string of the molecule is Cc1nc(SCC(=O)N2[C@@H](C)CCC[C@@H]2C)c2ccccc2n1. The molecule has 5 heteroatoms. The summed E-state index contributed by atoms with van der Waals surface area (Å²) < 4.78 is 0. The first-order chi connectivity index (χ1) is 11.1. The minimum atomic E-state index is 0.218. The highest BCUT2D eigenvalue weighted by atomic mass is 32.2. The van der Waals surface area contributed by atoms with Gasteiger partial charge in [-0.05, 0) is 46.1 Å². The van der Waals surface area contributed by atoms with Crippen LogP contribution in [0.3, 0.4) is 0 Å². The molecule has 2 aromatic rings. The molecule has 0 bridgehead atoms. The predicted octanol–water partition coefficient (Wildman–Crippen LogP) is 3.82. The van der Waals surface area contributed by atoms with Crippen molar-refractivity contribution in [1.82, 2.24) is 14.9 Å². The van der Waals surface area contributed by atoms with E-state index in [4.69, 9.17) is 0 Å². The fourth-order valence-electron chi connectivity index (χ4n) is 3.39. The molecule has 1 amide bonds. The van der Waals surface area contributed by atoms with Crippen molar-refractivity contribution in [3.63, 3.8) is 0 Å². The van der Waals surface area contributed by atoms with Crippen LogP contribution in [0, 0.1) is 6.92 Å². The predicted molar refractivity (Wildman–Crippen MR) is 94.6 cm³/mol. The number of benzene rings is 1. The molecule has 122 valence electrons. The third-order valence-electron chi connectivity index (χ3n) is 4.49. The Morgan fingerprint density at radius 2 is 1.91 bits per heavy atom. The summed E-state index contributed by atoms with van der Waals surface area (Å²) in [5.41, 5.74) is 0.939. The van der Waals surface area contributed by atoms with Gasteiger partial charge in [0.1, 0.15) is 10.9 Å². The summed E-state index contributed by atoms with van der Waals surface area (Å²) in [7, 11) is 0. The highest BCUT2D eigenvalue weighted by molar-refractivity contribution is 8.00. The van der Waals surface area contributed by atoms with Crippen molar-refractivity contribution < 1.29 is 4.79 Å². The molecule has 2 heterocycles. The van der Waals surface area contributed by atoms with E-state index in [1.807, 2.05) is 31.2 Å². The Bertz CT molecular complexity index is 708. The van der Waals surface area contributed by atoms with Gasteiger partial charge in [-0.25, -0.2) is 9.97 Å². The van der Waals surface area contributed by atoms with Gasteiger partial charge >= 0.3 is 0 Å². The van der Waals surface area contributed by atoms with E-state index in [1.54, 1.807) is 0 Å². The molecule has 1 fully saturated rings. The Morgan fingerprint density at radius 1 is 1.22 bits per heavy atom. The maximum absolute atomic E-state index is 12.7. The lowest BCUT2D eigenvalue weighted by Gasteiger charge is -2.39. The summed E-state index contributed by atoms with van der Waals surface area (Å²) in [6.45, 7) is 6.21. The molecule has 0 saturated carbocycles. The molecule has 3 rings (SSSR count). The minimum Gasteiger partial charge on any atom is -0.337 e. The topological polar surface area (TPSA) is 46.1 Å². The average molecular weight is 329 g/mol. The Hall–Kier alpha value is -1.62. The smallest absolute Gasteiger partial charge is 0.233 e. The number of aromatic nitrogens is 2. The second kappa shape index (κ2) is 6.87. The monoisotopic (exact) mass is 329 g/mol. The number of carbonyl (C=O) groups excluding carboxylic acids is 1. The van der Waals surface area contributed by atoms with Crippen molar-refractivity contribution in [3.05, 3.63) is 30.1 Å². The molecule has 0 spiro atoms. The fraction of sp³-hybridized carbons (Fsp3) is 0.500. The zero-order valence-electron chi connectivity index (χ0n) is 14.0. The van der Waals surface area contributed by atoms with Crippen LogP contribution in [0.5, 0.6) is 0 Å². The van der Waals surface area contributed by atoms with Crippen molar-refractivity contribution in [2.75, 3.05) is 5.75 Å². The van der Waals surface area contributed by atoms with Gasteiger partial charge in [-0.2, -0.15) is 0 Å². The molecule has 4 nitrogen and oxygen atoms in total. The van der Waals surface area contributed by atoms with E-state index >= 15 is 0 Å². The van der Waals surface area contributed by atoms with Gasteiger partial charge in [0.25, 0.3) is 0 Å². The number of aryl methyl sites for hydroxylation is 1. The van der Waals surface area contributed by atoms with Crippen LogP contribution in [-0.4, -0.2) is 38.6 Å². The van der Waals surface area contributed by atoms with Gasteiger partial charge in [0.05, 0.1) is 11.3 Å². The normalized spacial score (nSPS) is 21.6. The van der Waals surface area contributed by atoms with Crippen molar-refractivity contribution in [2.24, 2.45) is 0 Å². The van der Waals surface area contributed by atoms with Crippen LogP contribution in [0.2, 0.25) is 0 Å². The lowest BCUT2D eigenvalue weighted by Crippen LogP contribution is -2.48. The number of rotatable bonds is 3. The Labute approximate surface area is 141 Å². The van der Waals surface area contributed by atoms with E-state index < -0.39 is 0 Å². The van der Waals surface area contributed by atoms with E-state index in [0.29, 0.717) is 17.8 Å². The maximum atomic E-state index is 12.7. The van der Waals surface area contributed by atoms with E-state index in [0.717, 1.165) is 34.6 Å². The lowest BCUT2D eigenvalue weighted by molar-refractivity contribution is -0.134. The largest absolute Gasteiger partial charge is 0.337 e. The zero-order valence-corrected chi connectivity index (χ0v) is 14.8. The van der Waals surface area contributed by atoms with E-state index in [2.05, 4.69) is 28.7 Å². The molecule has 1 aliphatic heterocycles. The van der Waals surface area contributed by atoms with Crippen LogP contribution in [-0.2, 0) is 4.79 Å². The number of piperidine rings is 1. The van der Waals surface area contributed by atoms with Crippen molar-refractivity contribution in [1.29, 1.82) is 0 Å². The van der Waals surface area contributed by atoms with E-state index in [1.165, 1.54) is 18.2 Å². The summed E-state index contributed by atoms with van der Waals surface area (Å²) in [5.74, 6) is 1.41. The molecule has 1 aromatic carbocycles. The molecule has 0 aliphatic carbocycles. The number of hydrogen-bond donors (Lipinski definition) is 0. The number of hydrogen-bond acceptors (Lipinski definition) is 4. The molecule has 0 unspecified atom stereocenters. The molecule has 0 N–H and O–H groups in total. The van der Waals surface area contributed by atoms with E-state index in [9.17, 15) is 4.79 Å². The maximum Gasteiger partial charge on any atom is 0.233 e. The molecule has 1 aromatic heterocycles. The number of amides is 1. The van der Waals surface area contributed by atoms with Crippen LogP contribution in [0.1, 0.15) is 38.9 Å². The highest BCUT2D eigenvalue weighted by Crippen LogP contribution is 2.28. The molecule has 1 aliphatic rings. The van der Waals surface area contributed by atoms with Crippen LogP contribution in [0.15, 0.2) is 29.3 Å². The zero-order chi connectivity index (χ0) is 16.4. The summed E-state index contributed by atoms with van der Waals surface area (Å²) in [5, 5.41) is 1.93. The quantitative estimate of drug-likeness (QED) is 0.634. The summed E-state index contributed by atoms with van der Waals surface area (Å²) in [6.07, 6.45) is 3.43. The molecule has 2 atom stereocenters. The van der Waals surface area contributed by atoms with Gasteiger partial charge in [0.2, 0.25) is 5.91 Å². The number of carbonyl (C=O) groups is 1. The molecule has 0 radical (unpaired) electrons. The van der Waals surface area contributed by atoms with Gasteiger partial charge in [-0.3, -0.25) is 4.79 Å². The average Bonchev–Trinajstić information content (AvgIpc) is 2.52. The summed E-state index contributed by atoms with van der Waals surface area (Å²) >= 11 is 1.53. The number of fused-ring (bicyclic) bond motifs is 1. The second-order valence-corrected chi connectivity index (χ2v) is 7.28. The molecule has 1 saturated heterocycles. The number of likely N-dealkylation sites (tertiary alicyclic amines) is 1. The van der Waals surface area contributed by atoms with Gasteiger partial charge in [-0.15, -0.1) is 0 Å². The fourth-order valence-corrected chi connectivity index (χ4v) is 4.32. The highest BCUT2D eigenvalue weighted by Gasteiger charge is 2.28. The third kappa shape index (κ3) is 3.50. The molecular formula is C18H23N3OS. The first kappa shape index (κ1) is 16.2. The van der Waals surface area contributed by atoms with Crippen LogP contribution >= 0.6 is 11.8 Å². The van der Waals surface area contributed by atoms with Gasteiger partial charge in [0.15, 0.2) is 0 Å². The standard InChI is InChI=1S/C18H23N3OS/c1-12-7-6-8-13(2)21(12)17(22)11-23-18-15-9-4-5-10-16(15)19-14(3)20-18/h4-5,9-10,12-13H,6-8,11H2,1-3H3/t12-,13-/m0/s1. The lowest BCUT2D eigenvalue weighted by atomic mass is 9.98. The summed E-state index contributed by atoms with van der Waals surface area (Å²) in [6, 6.07) is 8.66. The second-order valence-electron chi connectivity index (χ2n) is 6.31. The Morgan fingerprint density at radius 3 is 2.65 bits per heavy atom. The number of thioether (sulfide) groups is 1.